The molecule has 0 unspecified atom stereocenters. The Morgan fingerprint density at radius 1 is 1.08 bits per heavy atom. The summed E-state index contributed by atoms with van der Waals surface area (Å²) in [5.74, 6) is 0.356. The van der Waals surface area contributed by atoms with E-state index in [4.69, 9.17) is 27.9 Å². The van der Waals surface area contributed by atoms with Crippen LogP contribution < -0.4 is 15.4 Å². The monoisotopic (exact) mass is 388 g/mol. The van der Waals surface area contributed by atoms with Crippen molar-refractivity contribution in [1.82, 2.24) is 9.97 Å². The van der Waals surface area contributed by atoms with E-state index in [-0.39, 0.29) is 11.6 Å². The van der Waals surface area contributed by atoms with Gasteiger partial charge in [-0.15, -0.1) is 0 Å². The molecule has 132 valence electrons. The summed E-state index contributed by atoms with van der Waals surface area (Å²) in [7, 11) is 1.51. The van der Waals surface area contributed by atoms with Crippen LogP contribution in [0, 0.1) is 0 Å². The molecule has 0 spiro atoms. The molecule has 0 aliphatic carbocycles. The second-order valence-corrected chi connectivity index (χ2v) is 6.07. The van der Waals surface area contributed by atoms with E-state index in [1.54, 1.807) is 36.4 Å². The SMILES string of the molecule is COc1ccc(Cl)cc1NC(=O)c1ccnc(Nc2cccc(Cl)c2)n1. The van der Waals surface area contributed by atoms with E-state index in [2.05, 4.69) is 20.6 Å². The molecule has 1 amide bonds. The van der Waals surface area contributed by atoms with Gasteiger partial charge in [-0.3, -0.25) is 4.79 Å². The molecule has 0 aliphatic heterocycles. The zero-order valence-electron chi connectivity index (χ0n) is 13.7. The van der Waals surface area contributed by atoms with E-state index in [0.717, 1.165) is 0 Å². The minimum Gasteiger partial charge on any atom is -0.495 e. The Morgan fingerprint density at radius 2 is 1.88 bits per heavy atom. The lowest BCUT2D eigenvalue weighted by Crippen LogP contribution is -2.15. The van der Waals surface area contributed by atoms with Gasteiger partial charge in [-0.2, -0.15) is 0 Å². The average molecular weight is 389 g/mol. The van der Waals surface area contributed by atoms with Gasteiger partial charge in [0.05, 0.1) is 12.8 Å². The number of hydrogen-bond donors (Lipinski definition) is 2. The molecule has 1 heterocycles. The minimum absolute atomic E-state index is 0.187. The van der Waals surface area contributed by atoms with Crippen LogP contribution in [0.3, 0.4) is 0 Å². The molecule has 0 radical (unpaired) electrons. The van der Waals surface area contributed by atoms with E-state index < -0.39 is 5.91 Å². The van der Waals surface area contributed by atoms with Crippen LogP contribution in [0.2, 0.25) is 10.0 Å². The van der Waals surface area contributed by atoms with Gasteiger partial charge in [-0.1, -0.05) is 29.3 Å². The van der Waals surface area contributed by atoms with Crippen molar-refractivity contribution >= 4 is 46.4 Å². The molecule has 0 aliphatic rings. The van der Waals surface area contributed by atoms with Gasteiger partial charge in [0.15, 0.2) is 0 Å². The summed E-state index contributed by atoms with van der Waals surface area (Å²) in [4.78, 5) is 20.8. The standard InChI is InChI=1S/C18H14Cl2N4O2/c1-26-16-6-5-12(20)10-15(16)23-17(25)14-7-8-21-18(24-14)22-13-4-2-3-11(19)9-13/h2-10H,1H3,(H,23,25)(H,21,22,24). The molecule has 0 bridgehead atoms. The quantitative estimate of drug-likeness (QED) is 0.656. The number of hydrogen-bond acceptors (Lipinski definition) is 5. The van der Waals surface area contributed by atoms with Crippen LogP contribution in [0.1, 0.15) is 10.5 Å². The van der Waals surface area contributed by atoms with E-state index in [9.17, 15) is 4.79 Å². The van der Waals surface area contributed by atoms with Crippen LogP contribution in [-0.2, 0) is 0 Å². The minimum atomic E-state index is -0.415. The van der Waals surface area contributed by atoms with Gasteiger partial charge in [-0.05, 0) is 42.5 Å². The zero-order valence-corrected chi connectivity index (χ0v) is 15.2. The van der Waals surface area contributed by atoms with Crippen LogP contribution in [0.15, 0.2) is 54.7 Å². The molecule has 0 saturated carbocycles. The van der Waals surface area contributed by atoms with Crippen molar-refractivity contribution in [1.29, 1.82) is 0 Å². The number of aromatic nitrogens is 2. The molecule has 3 rings (SSSR count). The predicted molar refractivity (Wildman–Crippen MR) is 103 cm³/mol. The number of nitrogens with zero attached hydrogens (tertiary/aromatic N) is 2. The lowest BCUT2D eigenvalue weighted by molar-refractivity contribution is 0.102. The van der Waals surface area contributed by atoms with Crippen LogP contribution in [0.4, 0.5) is 17.3 Å². The van der Waals surface area contributed by atoms with Gasteiger partial charge in [0, 0.05) is 21.9 Å². The summed E-state index contributed by atoms with van der Waals surface area (Å²) >= 11 is 11.9. The summed E-state index contributed by atoms with van der Waals surface area (Å²) in [5.41, 5.74) is 1.35. The van der Waals surface area contributed by atoms with Crippen molar-refractivity contribution in [2.45, 2.75) is 0 Å². The smallest absolute Gasteiger partial charge is 0.274 e. The molecular formula is C18H14Cl2N4O2. The molecule has 0 saturated heterocycles. The van der Waals surface area contributed by atoms with Crippen LogP contribution in [0.5, 0.6) is 5.75 Å². The highest BCUT2D eigenvalue weighted by atomic mass is 35.5. The molecule has 3 aromatic rings. The van der Waals surface area contributed by atoms with E-state index in [0.29, 0.717) is 27.2 Å². The maximum absolute atomic E-state index is 12.5. The number of benzene rings is 2. The highest BCUT2D eigenvalue weighted by molar-refractivity contribution is 6.31. The summed E-state index contributed by atoms with van der Waals surface area (Å²) < 4.78 is 5.22. The number of ether oxygens (including phenoxy) is 1. The number of anilines is 3. The first-order chi connectivity index (χ1) is 12.5. The van der Waals surface area contributed by atoms with Gasteiger partial charge < -0.3 is 15.4 Å². The second kappa shape index (κ2) is 8.03. The summed E-state index contributed by atoms with van der Waals surface area (Å²) in [6.07, 6.45) is 1.49. The summed E-state index contributed by atoms with van der Waals surface area (Å²) in [6, 6.07) is 13.6. The summed E-state index contributed by atoms with van der Waals surface area (Å²) in [6.45, 7) is 0. The van der Waals surface area contributed by atoms with Crippen molar-refractivity contribution in [3.05, 3.63) is 70.5 Å². The molecule has 2 aromatic carbocycles. The Morgan fingerprint density at radius 3 is 2.65 bits per heavy atom. The lowest BCUT2D eigenvalue weighted by atomic mass is 10.2. The van der Waals surface area contributed by atoms with Crippen molar-refractivity contribution in [3.63, 3.8) is 0 Å². The first-order valence-corrected chi connectivity index (χ1v) is 8.31. The third kappa shape index (κ3) is 4.41. The first-order valence-electron chi connectivity index (χ1n) is 7.55. The number of rotatable bonds is 5. The second-order valence-electron chi connectivity index (χ2n) is 5.20. The topological polar surface area (TPSA) is 76.1 Å². The van der Waals surface area contributed by atoms with Gasteiger partial charge in [0.25, 0.3) is 5.91 Å². The number of nitrogens with one attached hydrogen (secondary N) is 2. The maximum atomic E-state index is 12.5. The molecule has 1 aromatic heterocycles. The van der Waals surface area contributed by atoms with E-state index in [1.165, 1.54) is 19.4 Å². The third-order valence-electron chi connectivity index (χ3n) is 3.38. The molecule has 0 fully saturated rings. The highest BCUT2D eigenvalue weighted by Gasteiger charge is 2.13. The number of amides is 1. The fraction of sp³-hybridized carbons (Fsp3) is 0.0556. The Labute approximate surface area is 160 Å². The largest absolute Gasteiger partial charge is 0.495 e. The lowest BCUT2D eigenvalue weighted by Gasteiger charge is -2.11. The van der Waals surface area contributed by atoms with Crippen molar-refractivity contribution in [3.8, 4) is 5.75 Å². The molecule has 6 nitrogen and oxygen atoms in total. The molecule has 8 heteroatoms. The van der Waals surface area contributed by atoms with Gasteiger partial charge >= 0.3 is 0 Å². The number of methoxy groups -OCH3 is 1. The van der Waals surface area contributed by atoms with Crippen molar-refractivity contribution in [2.75, 3.05) is 17.7 Å². The maximum Gasteiger partial charge on any atom is 0.274 e. The van der Waals surface area contributed by atoms with Crippen LogP contribution in [0.25, 0.3) is 0 Å². The zero-order chi connectivity index (χ0) is 18.5. The molecular weight excluding hydrogens is 375 g/mol. The summed E-state index contributed by atoms with van der Waals surface area (Å²) in [5, 5.41) is 6.79. The van der Waals surface area contributed by atoms with Crippen LogP contribution in [-0.4, -0.2) is 23.0 Å². The number of halogens is 2. The van der Waals surface area contributed by atoms with E-state index >= 15 is 0 Å². The predicted octanol–water partition coefficient (Wildman–Crippen LogP) is 4.79. The number of carbonyl (C=O) groups is 1. The molecule has 0 atom stereocenters. The normalized spacial score (nSPS) is 10.3. The van der Waals surface area contributed by atoms with Crippen molar-refractivity contribution < 1.29 is 9.53 Å². The molecule has 26 heavy (non-hydrogen) atoms. The number of carbonyl (C=O) groups excluding carboxylic acids is 1. The Balaban J connectivity index is 1.79. The van der Waals surface area contributed by atoms with Gasteiger partial charge in [0.2, 0.25) is 5.95 Å². The average Bonchev–Trinajstić information content (AvgIpc) is 2.62. The fourth-order valence-corrected chi connectivity index (χ4v) is 2.57. The van der Waals surface area contributed by atoms with E-state index in [1.807, 2.05) is 6.07 Å². The Kier molecular flexibility index (Phi) is 5.55. The van der Waals surface area contributed by atoms with Crippen molar-refractivity contribution in [2.24, 2.45) is 0 Å². The third-order valence-corrected chi connectivity index (χ3v) is 3.85. The highest BCUT2D eigenvalue weighted by Crippen LogP contribution is 2.28. The molecule has 2 N–H and O–H groups in total. The Hall–Kier alpha value is -2.83. The first kappa shape index (κ1) is 18.0. The Bertz CT molecular complexity index is 950. The fourth-order valence-electron chi connectivity index (χ4n) is 2.20. The van der Waals surface area contributed by atoms with Gasteiger partial charge in [0.1, 0.15) is 11.4 Å². The van der Waals surface area contributed by atoms with Gasteiger partial charge in [-0.25, -0.2) is 9.97 Å². The van der Waals surface area contributed by atoms with Crippen LogP contribution >= 0.6 is 23.2 Å².